The number of anilines is 2. The lowest BCUT2D eigenvalue weighted by Crippen LogP contribution is -2.24. The van der Waals surface area contributed by atoms with E-state index in [-0.39, 0.29) is 19.2 Å². The van der Waals surface area contributed by atoms with Gasteiger partial charge in [0.1, 0.15) is 0 Å². The van der Waals surface area contributed by atoms with Crippen LogP contribution in [0.2, 0.25) is 0 Å². The van der Waals surface area contributed by atoms with Crippen LogP contribution in [0.3, 0.4) is 0 Å². The fourth-order valence-corrected chi connectivity index (χ4v) is 3.92. The van der Waals surface area contributed by atoms with Crippen molar-refractivity contribution in [3.8, 4) is 10.4 Å². The van der Waals surface area contributed by atoms with Crippen LogP contribution in [0.5, 0.6) is 0 Å². The zero-order chi connectivity index (χ0) is 23.8. The van der Waals surface area contributed by atoms with Crippen molar-refractivity contribution in [2.75, 3.05) is 30.7 Å². The van der Waals surface area contributed by atoms with E-state index < -0.39 is 13.5 Å². The summed E-state index contributed by atoms with van der Waals surface area (Å²) in [5.41, 5.74) is 9.27. The van der Waals surface area contributed by atoms with Crippen molar-refractivity contribution in [3.05, 3.63) is 71.1 Å². The van der Waals surface area contributed by atoms with E-state index in [1.54, 1.807) is 48.6 Å². The summed E-state index contributed by atoms with van der Waals surface area (Å²) >= 11 is 1.61. The Kier molecular flexibility index (Phi) is 8.27. The second-order valence-electron chi connectivity index (χ2n) is 7.29. The molecule has 174 valence electrons. The first-order chi connectivity index (χ1) is 15.8. The maximum atomic E-state index is 12.7. The topological polar surface area (TPSA) is 120 Å². The van der Waals surface area contributed by atoms with Crippen LogP contribution in [0.25, 0.3) is 10.4 Å². The van der Waals surface area contributed by atoms with E-state index >= 15 is 0 Å². The smallest absolute Gasteiger partial charge is 0.409 e. The number of hydrogen-bond acceptors (Lipinski definition) is 7. The maximum Gasteiger partial charge on any atom is 0.409 e. The molecule has 0 aliphatic heterocycles. The quantitative estimate of drug-likeness (QED) is 0.212. The molecule has 0 spiro atoms. The van der Waals surface area contributed by atoms with Crippen molar-refractivity contribution in [3.63, 3.8) is 0 Å². The highest BCUT2D eigenvalue weighted by Gasteiger charge is 2.14. The molecule has 1 heterocycles. The first-order valence-corrected chi connectivity index (χ1v) is 13.4. The van der Waals surface area contributed by atoms with E-state index in [0.717, 1.165) is 16.0 Å². The standard InChI is InChI=1S/C23H26N3O5PS/c1-3-32(2,29)31-15-30-23(28)25-14-16-6-8-17(9-7-16)22(27)26-20-13-18(10-11-19(20)24)21-5-4-12-33-21/h4-13H,3,14-15,24H2,1-2H3,(H,25,28)(H,26,27). The Morgan fingerprint density at radius 3 is 2.55 bits per heavy atom. The molecule has 33 heavy (non-hydrogen) atoms. The summed E-state index contributed by atoms with van der Waals surface area (Å²) in [6.07, 6.45) is -0.320. The van der Waals surface area contributed by atoms with Crippen molar-refractivity contribution in [2.24, 2.45) is 0 Å². The fraction of sp³-hybridized carbons (Fsp3) is 0.217. The summed E-state index contributed by atoms with van der Waals surface area (Å²) in [5.74, 6) is -0.291. The van der Waals surface area contributed by atoms with Crippen LogP contribution in [0.1, 0.15) is 22.8 Å². The first-order valence-electron chi connectivity index (χ1n) is 10.2. The van der Waals surface area contributed by atoms with Gasteiger partial charge in [0.2, 0.25) is 14.2 Å². The van der Waals surface area contributed by atoms with Crippen LogP contribution in [0.4, 0.5) is 16.2 Å². The largest absolute Gasteiger partial charge is 0.422 e. The van der Waals surface area contributed by atoms with Gasteiger partial charge in [0, 0.05) is 29.8 Å². The highest BCUT2D eigenvalue weighted by molar-refractivity contribution is 7.58. The van der Waals surface area contributed by atoms with Crippen molar-refractivity contribution >= 4 is 42.1 Å². The molecule has 10 heteroatoms. The van der Waals surface area contributed by atoms with Crippen LogP contribution in [0.15, 0.2) is 60.0 Å². The van der Waals surface area contributed by atoms with Gasteiger partial charge in [-0.2, -0.15) is 0 Å². The predicted molar refractivity (Wildman–Crippen MR) is 132 cm³/mol. The first kappa shape index (κ1) is 24.5. The van der Waals surface area contributed by atoms with Gasteiger partial charge in [0.05, 0.1) is 11.4 Å². The third-order valence-electron chi connectivity index (χ3n) is 4.85. The highest BCUT2D eigenvalue weighted by Crippen LogP contribution is 2.41. The minimum atomic E-state index is -2.72. The number of alkyl carbamates (subject to hydrolysis) is 1. The Bertz CT molecular complexity index is 1150. The van der Waals surface area contributed by atoms with Gasteiger partial charge in [-0.15, -0.1) is 11.3 Å². The monoisotopic (exact) mass is 487 g/mol. The second-order valence-corrected chi connectivity index (χ2v) is 11.2. The van der Waals surface area contributed by atoms with Crippen molar-refractivity contribution in [1.29, 1.82) is 0 Å². The molecule has 1 atom stereocenters. The number of nitrogen functional groups attached to an aromatic ring is 1. The third kappa shape index (κ3) is 7.18. The molecule has 1 unspecified atom stereocenters. The van der Waals surface area contributed by atoms with Gasteiger partial charge in [0.25, 0.3) is 5.91 Å². The van der Waals surface area contributed by atoms with E-state index in [1.165, 1.54) is 6.66 Å². The molecular formula is C23H26N3O5PS. The lowest BCUT2D eigenvalue weighted by atomic mass is 10.1. The van der Waals surface area contributed by atoms with E-state index in [9.17, 15) is 14.2 Å². The zero-order valence-electron chi connectivity index (χ0n) is 18.4. The summed E-state index contributed by atoms with van der Waals surface area (Å²) in [5, 5.41) is 7.41. The molecule has 3 aromatic rings. The molecule has 0 radical (unpaired) electrons. The molecule has 4 N–H and O–H groups in total. The Labute approximate surface area is 196 Å². The number of ether oxygens (including phenoxy) is 1. The number of benzene rings is 2. The van der Waals surface area contributed by atoms with Gasteiger partial charge in [-0.25, -0.2) is 4.79 Å². The average molecular weight is 488 g/mol. The number of amides is 2. The molecule has 0 fully saturated rings. The Hall–Kier alpha value is -3.13. The molecule has 3 rings (SSSR count). The average Bonchev–Trinajstić information content (AvgIpc) is 3.34. The van der Waals surface area contributed by atoms with E-state index in [4.69, 9.17) is 15.0 Å². The molecule has 0 saturated carbocycles. The number of carbonyl (C=O) groups is 2. The molecule has 0 bridgehead atoms. The van der Waals surface area contributed by atoms with Gasteiger partial charge in [0.15, 0.2) is 0 Å². The van der Waals surface area contributed by atoms with Gasteiger partial charge >= 0.3 is 6.09 Å². The summed E-state index contributed by atoms with van der Waals surface area (Å²) < 4.78 is 21.7. The molecule has 2 amide bonds. The normalized spacial score (nSPS) is 12.5. The lowest BCUT2D eigenvalue weighted by molar-refractivity contribution is 0.0618. The second kappa shape index (κ2) is 11.1. The number of thiophene rings is 1. The SMILES string of the molecule is CCP(C)(=O)OCOC(=O)NCc1ccc(C(=O)Nc2cc(-c3cccs3)ccc2N)cc1. The van der Waals surface area contributed by atoms with E-state index in [2.05, 4.69) is 10.6 Å². The van der Waals surface area contributed by atoms with Gasteiger partial charge < -0.3 is 21.1 Å². The summed E-state index contributed by atoms with van der Waals surface area (Å²) in [4.78, 5) is 25.5. The minimum Gasteiger partial charge on any atom is -0.422 e. The van der Waals surface area contributed by atoms with Crippen molar-refractivity contribution in [2.45, 2.75) is 13.5 Å². The van der Waals surface area contributed by atoms with Gasteiger partial charge in [-0.3, -0.25) is 13.9 Å². The highest BCUT2D eigenvalue weighted by atomic mass is 32.1. The summed E-state index contributed by atoms with van der Waals surface area (Å²) in [7, 11) is -2.72. The van der Waals surface area contributed by atoms with Gasteiger partial charge in [-0.05, 0) is 46.8 Å². The van der Waals surface area contributed by atoms with Crippen LogP contribution in [-0.4, -0.2) is 31.6 Å². The fourth-order valence-electron chi connectivity index (χ4n) is 2.74. The van der Waals surface area contributed by atoms with Crippen LogP contribution < -0.4 is 16.4 Å². The van der Waals surface area contributed by atoms with E-state index in [0.29, 0.717) is 23.1 Å². The number of nitrogens with two attached hydrogens (primary N) is 1. The lowest BCUT2D eigenvalue weighted by Gasteiger charge is -2.12. The van der Waals surface area contributed by atoms with Crippen LogP contribution in [0, 0.1) is 0 Å². The Balaban J connectivity index is 1.53. The van der Waals surface area contributed by atoms with E-state index in [1.807, 2.05) is 29.6 Å². The molecule has 0 aliphatic rings. The molecule has 0 saturated heterocycles. The number of rotatable bonds is 9. The minimum absolute atomic E-state index is 0.202. The van der Waals surface area contributed by atoms with Crippen LogP contribution >= 0.6 is 18.7 Å². The van der Waals surface area contributed by atoms with Crippen LogP contribution in [-0.2, 0) is 20.4 Å². The molecule has 2 aromatic carbocycles. The van der Waals surface area contributed by atoms with Crippen molar-refractivity contribution in [1.82, 2.24) is 5.32 Å². The molecule has 1 aromatic heterocycles. The third-order valence-corrected chi connectivity index (χ3v) is 7.57. The van der Waals surface area contributed by atoms with Crippen molar-refractivity contribution < 1.29 is 23.4 Å². The van der Waals surface area contributed by atoms with Gasteiger partial charge in [-0.1, -0.05) is 31.2 Å². The Morgan fingerprint density at radius 2 is 1.88 bits per heavy atom. The maximum absolute atomic E-state index is 12.7. The number of hydrogen-bond donors (Lipinski definition) is 3. The summed E-state index contributed by atoms with van der Waals surface area (Å²) in [6, 6.07) is 16.3. The number of carbonyl (C=O) groups excluding carboxylic acids is 2. The Morgan fingerprint density at radius 1 is 1.12 bits per heavy atom. The number of nitrogens with one attached hydrogen (secondary N) is 2. The molecule has 8 nitrogen and oxygen atoms in total. The zero-order valence-corrected chi connectivity index (χ0v) is 20.1. The molecule has 0 aliphatic carbocycles. The summed E-state index contributed by atoms with van der Waals surface area (Å²) in [6.45, 7) is 3.06. The predicted octanol–water partition coefficient (Wildman–Crippen LogP) is 5.38. The molecular weight excluding hydrogens is 461 g/mol.